The van der Waals surface area contributed by atoms with Crippen LogP contribution in [0.1, 0.15) is 37.7 Å². The maximum Gasteiger partial charge on any atom is 0.0833 e. The van der Waals surface area contributed by atoms with E-state index in [0.29, 0.717) is 0 Å². The van der Waals surface area contributed by atoms with Gasteiger partial charge in [-0.25, -0.2) is 0 Å². The third kappa shape index (κ3) is 4.14. The molecule has 0 aliphatic carbocycles. The number of hydrogen-bond donors (Lipinski definition) is 1. The molecule has 1 aromatic rings. The molecule has 0 saturated carbocycles. The molecule has 0 amide bonds. The van der Waals surface area contributed by atoms with E-state index in [9.17, 15) is 5.11 Å². The number of aliphatic hydroxyl groups is 1. The molecule has 1 fully saturated rings. The SMILES string of the molecule is OC(CCCc1ccccc1)C1CCCCO1. The second-order valence-corrected chi connectivity index (χ2v) is 4.85. The van der Waals surface area contributed by atoms with Crippen molar-refractivity contribution in [2.45, 2.75) is 50.7 Å². The van der Waals surface area contributed by atoms with Crippen LogP contribution in [-0.2, 0) is 11.2 Å². The van der Waals surface area contributed by atoms with Crippen molar-refractivity contribution in [3.05, 3.63) is 35.9 Å². The molecule has 17 heavy (non-hydrogen) atoms. The van der Waals surface area contributed by atoms with Crippen molar-refractivity contribution in [3.8, 4) is 0 Å². The second-order valence-electron chi connectivity index (χ2n) is 4.85. The van der Waals surface area contributed by atoms with E-state index in [-0.39, 0.29) is 12.2 Å². The summed E-state index contributed by atoms with van der Waals surface area (Å²) >= 11 is 0. The normalized spacial score (nSPS) is 22.3. The molecular formula is C15H22O2. The number of aryl methyl sites for hydroxylation is 1. The lowest BCUT2D eigenvalue weighted by molar-refractivity contribution is -0.0646. The van der Waals surface area contributed by atoms with Gasteiger partial charge in [0.25, 0.3) is 0 Å². The molecule has 2 heteroatoms. The summed E-state index contributed by atoms with van der Waals surface area (Å²) in [4.78, 5) is 0. The first-order valence-corrected chi connectivity index (χ1v) is 6.70. The Morgan fingerprint density at radius 2 is 2.06 bits per heavy atom. The van der Waals surface area contributed by atoms with Crippen LogP contribution in [-0.4, -0.2) is 23.9 Å². The highest BCUT2D eigenvalue weighted by atomic mass is 16.5. The monoisotopic (exact) mass is 234 g/mol. The highest BCUT2D eigenvalue weighted by molar-refractivity contribution is 5.14. The zero-order valence-corrected chi connectivity index (χ0v) is 10.3. The predicted octanol–water partition coefficient (Wildman–Crippen LogP) is 2.94. The molecule has 1 N–H and O–H groups in total. The van der Waals surface area contributed by atoms with Gasteiger partial charge in [0.2, 0.25) is 0 Å². The van der Waals surface area contributed by atoms with Gasteiger partial charge in [0.15, 0.2) is 0 Å². The number of benzene rings is 1. The molecule has 2 atom stereocenters. The number of ether oxygens (including phenoxy) is 1. The summed E-state index contributed by atoms with van der Waals surface area (Å²) in [7, 11) is 0. The van der Waals surface area contributed by atoms with Crippen molar-refractivity contribution in [3.63, 3.8) is 0 Å². The van der Waals surface area contributed by atoms with E-state index in [1.807, 2.05) is 6.07 Å². The van der Waals surface area contributed by atoms with Crippen molar-refractivity contribution in [1.82, 2.24) is 0 Å². The lowest BCUT2D eigenvalue weighted by atomic mass is 9.99. The molecule has 0 aromatic heterocycles. The van der Waals surface area contributed by atoms with Crippen molar-refractivity contribution >= 4 is 0 Å². The van der Waals surface area contributed by atoms with Gasteiger partial charge >= 0.3 is 0 Å². The highest BCUT2D eigenvalue weighted by Gasteiger charge is 2.21. The fourth-order valence-corrected chi connectivity index (χ4v) is 2.41. The molecule has 2 rings (SSSR count). The fraction of sp³-hybridized carbons (Fsp3) is 0.600. The smallest absolute Gasteiger partial charge is 0.0833 e. The molecule has 0 bridgehead atoms. The quantitative estimate of drug-likeness (QED) is 0.848. The van der Waals surface area contributed by atoms with Gasteiger partial charge in [0.05, 0.1) is 12.2 Å². The van der Waals surface area contributed by atoms with Crippen LogP contribution < -0.4 is 0 Å². The summed E-state index contributed by atoms with van der Waals surface area (Å²) in [5, 5.41) is 10.0. The predicted molar refractivity (Wildman–Crippen MR) is 69.0 cm³/mol. The first kappa shape index (κ1) is 12.6. The molecule has 2 unspecified atom stereocenters. The molecule has 94 valence electrons. The Kier molecular flexibility index (Phi) is 5.02. The molecule has 1 aliphatic rings. The summed E-state index contributed by atoms with van der Waals surface area (Å²) in [5.41, 5.74) is 1.35. The van der Waals surface area contributed by atoms with Gasteiger partial charge in [0.1, 0.15) is 0 Å². The largest absolute Gasteiger partial charge is 0.390 e. The second kappa shape index (κ2) is 6.77. The molecule has 1 heterocycles. The molecular weight excluding hydrogens is 212 g/mol. The van der Waals surface area contributed by atoms with Gasteiger partial charge in [-0.2, -0.15) is 0 Å². The van der Waals surface area contributed by atoms with Gasteiger partial charge < -0.3 is 9.84 Å². The zero-order valence-electron chi connectivity index (χ0n) is 10.3. The average Bonchev–Trinajstić information content (AvgIpc) is 2.41. The third-order valence-corrected chi connectivity index (χ3v) is 3.45. The van der Waals surface area contributed by atoms with Crippen LogP contribution in [0.5, 0.6) is 0 Å². The summed E-state index contributed by atoms with van der Waals surface area (Å²) < 4.78 is 5.59. The summed E-state index contributed by atoms with van der Waals surface area (Å²) in [6.07, 6.45) is 6.09. The van der Waals surface area contributed by atoms with E-state index >= 15 is 0 Å². The molecule has 0 spiro atoms. The Hall–Kier alpha value is -0.860. The highest BCUT2D eigenvalue weighted by Crippen LogP contribution is 2.19. The van der Waals surface area contributed by atoms with Crippen LogP contribution >= 0.6 is 0 Å². The Morgan fingerprint density at radius 3 is 2.76 bits per heavy atom. The summed E-state index contributed by atoms with van der Waals surface area (Å²) in [6.45, 7) is 0.820. The minimum atomic E-state index is -0.279. The maximum absolute atomic E-state index is 10.0. The summed E-state index contributed by atoms with van der Waals surface area (Å²) in [6, 6.07) is 10.5. The van der Waals surface area contributed by atoms with Gasteiger partial charge in [-0.05, 0) is 44.1 Å². The molecule has 0 radical (unpaired) electrons. The Bertz CT molecular complexity index is 304. The van der Waals surface area contributed by atoms with Crippen molar-refractivity contribution in [1.29, 1.82) is 0 Å². The first-order valence-electron chi connectivity index (χ1n) is 6.70. The average molecular weight is 234 g/mol. The van der Waals surface area contributed by atoms with E-state index < -0.39 is 0 Å². The van der Waals surface area contributed by atoms with E-state index in [0.717, 1.165) is 38.7 Å². The van der Waals surface area contributed by atoms with Crippen LogP contribution in [0.2, 0.25) is 0 Å². The Labute approximate surface area is 104 Å². The van der Waals surface area contributed by atoms with Gasteiger partial charge in [-0.15, -0.1) is 0 Å². The van der Waals surface area contributed by atoms with Crippen LogP contribution in [0.25, 0.3) is 0 Å². The van der Waals surface area contributed by atoms with Crippen LogP contribution in [0, 0.1) is 0 Å². The van der Waals surface area contributed by atoms with Crippen molar-refractivity contribution in [2.24, 2.45) is 0 Å². The molecule has 1 saturated heterocycles. The molecule has 1 aliphatic heterocycles. The van der Waals surface area contributed by atoms with E-state index in [2.05, 4.69) is 24.3 Å². The van der Waals surface area contributed by atoms with Gasteiger partial charge in [-0.3, -0.25) is 0 Å². The van der Waals surface area contributed by atoms with Crippen molar-refractivity contribution < 1.29 is 9.84 Å². The Balaban J connectivity index is 1.67. The Morgan fingerprint density at radius 1 is 1.24 bits per heavy atom. The maximum atomic E-state index is 10.0. The van der Waals surface area contributed by atoms with Gasteiger partial charge in [-0.1, -0.05) is 30.3 Å². The standard InChI is InChI=1S/C15H22O2/c16-14(15-11-4-5-12-17-15)10-6-9-13-7-2-1-3-8-13/h1-3,7-8,14-16H,4-6,9-12H2. The van der Waals surface area contributed by atoms with Crippen LogP contribution in [0.4, 0.5) is 0 Å². The van der Waals surface area contributed by atoms with Crippen molar-refractivity contribution in [2.75, 3.05) is 6.61 Å². The number of rotatable bonds is 5. The lowest BCUT2D eigenvalue weighted by Crippen LogP contribution is -2.32. The van der Waals surface area contributed by atoms with Crippen LogP contribution in [0.15, 0.2) is 30.3 Å². The minimum absolute atomic E-state index is 0.0829. The summed E-state index contributed by atoms with van der Waals surface area (Å²) in [5.74, 6) is 0. The lowest BCUT2D eigenvalue weighted by Gasteiger charge is -2.27. The topological polar surface area (TPSA) is 29.5 Å². The fourth-order valence-electron chi connectivity index (χ4n) is 2.41. The number of aliphatic hydroxyl groups excluding tert-OH is 1. The molecule has 2 nitrogen and oxygen atoms in total. The van der Waals surface area contributed by atoms with E-state index in [1.165, 1.54) is 12.0 Å². The van der Waals surface area contributed by atoms with E-state index in [4.69, 9.17) is 4.74 Å². The van der Waals surface area contributed by atoms with Gasteiger partial charge in [0, 0.05) is 6.61 Å². The first-order chi connectivity index (χ1) is 8.36. The van der Waals surface area contributed by atoms with Crippen LogP contribution in [0.3, 0.4) is 0 Å². The zero-order chi connectivity index (χ0) is 11.9. The minimum Gasteiger partial charge on any atom is -0.390 e. The molecule has 1 aromatic carbocycles. The number of hydrogen-bond acceptors (Lipinski definition) is 2. The third-order valence-electron chi connectivity index (χ3n) is 3.45. The van der Waals surface area contributed by atoms with E-state index in [1.54, 1.807) is 0 Å².